The van der Waals surface area contributed by atoms with E-state index in [9.17, 15) is 4.79 Å². The molecule has 0 aromatic heterocycles. The average Bonchev–Trinajstić information content (AvgIpc) is 2.34. The van der Waals surface area contributed by atoms with E-state index in [1.54, 1.807) is 32.4 Å². The smallest absolute Gasteiger partial charge is 0.169 e. The summed E-state index contributed by atoms with van der Waals surface area (Å²) in [4.78, 5) is 12.4. The maximum Gasteiger partial charge on any atom is 0.169 e. The second kappa shape index (κ2) is 5.40. The van der Waals surface area contributed by atoms with Crippen molar-refractivity contribution in [3.05, 3.63) is 23.8 Å². The molecule has 1 aliphatic heterocycles. The highest BCUT2D eigenvalue weighted by Crippen LogP contribution is 2.29. The van der Waals surface area contributed by atoms with Gasteiger partial charge in [0.1, 0.15) is 11.5 Å². The van der Waals surface area contributed by atoms with Gasteiger partial charge in [-0.3, -0.25) is 4.79 Å². The van der Waals surface area contributed by atoms with Gasteiger partial charge in [-0.2, -0.15) is 0 Å². The molecule has 1 fully saturated rings. The third-order valence-corrected chi connectivity index (χ3v) is 3.61. The topological polar surface area (TPSA) is 47.6 Å². The first kappa shape index (κ1) is 12.9. The molecule has 4 heteroatoms. The van der Waals surface area contributed by atoms with Crippen molar-refractivity contribution in [1.29, 1.82) is 0 Å². The Labute approximate surface area is 107 Å². The van der Waals surface area contributed by atoms with Gasteiger partial charge >= 0.3 is 0 Å². The van der Waals surface area contributed by atoms with E-state index in [0.29, 0.717) is 23.0 Å². The van der Waals surface area contributed by atoms with Crippen LogP contribution in [-0.2, 0) is 0 Å². The Bertz CT molecular complexity index is 441. The zero-order valence-corrected chi connectivity index (χ0v) is 11.0. The number of rotatable bonds is 5. The molecule has 1 unspecified atom stereocenters. The molecule has 1 aliphatic rings. The normalized spacial score (nSPS) is 16.8. The maximum atomic E-state index is 12.4. The average molecular weight is 249 g/mol. The molecule has 1 aromatic carbocycles. The van der Waals surface area contributed by atoms with Crippen molar-refractivity contribution in [2.45, 2.75) is 6.92 Å². The highest BCUT2D eigenvalue weighted by atomic mass is 16.5. The third-order valence-electron chi connectivity index (χ3n) is 3.61. The van der Waals surface area contributed by atoms with E-state index in [0.717, 1.165) is 13.1 Å². The van der Waals surface area contributed by atoms with Crippen LogP contribution in [0.3, 0.4) is 0 Å². The van der Waals surface area contributed by atoms with Gasteiger partial charge in [-0.1, -0.05) is 6.92 Å². The molecule has 4 nitrogen and oxygen atoms in total. The van der Waals surface area contributed by atoms with E-state index >= 15 is 0 Å². The van der Waals surface area contributed by atoms with Gasteiger partial charge in [0.25, 0.3) is 0 Å². The fourth-order valence-corrected chi connectivity index (χ4v) is 2.13. The number of methoxy groups -OCH3 is 2. The van der Waals surface area contributed by atoms with E-state index in [1.807, 2.05) is 6.92 Å². The first-order valence-corrected chi connectivity index (χ1v) is 6.14. The van der Waals surface area contributed by atoms with Crippen molar-refractivity contribution in [2.24, 2.45) is 11.8 Å². The van der Waals surface area contributed by atoms with Crippen LogP contribution in [0, 0.1) is 11.8 Å². The van der Waals surface area contributed by atoms with Gasteiger partial charge in [0, 0.05) is 12.0 Å². The maximum absolute atomic E-state index is 12.4. The zero-order valence-electron chi connectivity index (χ0n) is 11.0. The molecule has 1 N–H and O–H groups in total. The second-order valence-electron chi connectivity index (χ2n) is 4.64. The number of carbonyl (C=O) groups excluding carboxylic acids is 1. The predicted octanol–water partition coefficient (Wildman–Crippen LogP) is 1.74. The first-order valence-electron chi connectivity index (χ1n) is 6.14. The van der Waals surface area contributed by atoms with Gasteiger partial charge < -0.3 is 14.8 Å². The van der Waals surface area contributed by atoms with Crippen molar-refractivity contribution >= 4 is 5.78 Å². The Hall–Kier alpha value is -1.55. The number of ketones is 1. The number of ether oxygens (including phenoxy) is 2. The monoisotopic (exact) mass is 249 g/mol. The van der Waals surface area contributed by atoms with Gasteiger partial charge in [-0.15, -0.1) is 0 Å². The van der Waals surface area contributed by atoms with Crippen LogP contribution < -0.4 is 14.8 Å². The highest BCUT2D eigenvalue weighted by Gasteiger charge is 2.30. The van der Waals surface area contributed by atoms with Crippen LogP contribution >= 0.6 is 0 Å². The molecular formula is C14H19NO3. The Kier molecular flexibility index (Phi) is 3.87. The molecule has 0 radical (unpaired) electrons. The zero-order chi connectivity index (χ0) is 13.1. The molecule has 1 saturated heterocycles. The van der Waals surface area contributed by atoms with Gasteiger partial charge in [0.15, 0.2) is 5.78 Å². The van der Waals surface area contributed by atoms with E-state index in [2.05, 4.69) is 5.32 Å². The molecular weight excluding hydrogens is 230 g/mol. The van der Waals surface area contributed by atoms with Crippen LogP contribution in [0.5, 0.6) is 11.5 Å². The fraction of sp³-hybridized carbons (Fsp3) is 0.500. The molecule has 0 amide bonds. The molecule has 1 atom stereocenters. The van der Waals surface area contributed by atoms with Crippen LogP contribution in [0.4, 0.5) is 0 Å². The Morgan fingerprint density at radius 1 is 1.33 bits per heavy atom. The van der Waals surface area contributed by atoms with Crippen LogP contribution in [0.15, 0.2) is 18.2 Å². The second-order valence-corrected chi connectivity index (χ2v) is 4.64. The van der Waals surface area contributed by atoms with E-state index in [4.69, 9.17) is 9.47 Å². The minimum Gasteiger partial charge on any atom is -0.497 e. The third kappa shape index (κ3) is 2.34. The summed E-state index contributed by atoms with van der Waals surface area (Å²) in [5.41, 5.74) is 0.637. The van der Waals surface area contributed by atoms with Crippen LogP contribution in [0.25, 0.3) is 0 Å². The highest BCUT2D eigenvalue weighted by molar-refractivity contribution is 6.00. The van der Waals surface area contributed by atoms with Gasteiger partial charge in [-0.25, -0.2) is 0 Å². The van der Waals surface area contributed by atoms with Gasteiger partial charge in [-0.05, 0) is 31.1 Å². The summed E-state index contributed by atoms with van der Waals surface area (Å²) in [6.45, 7) is 3.83. The van der Waals surface area contributed by atoms with E-state index < -0.39 is 0 Å². The summed E-state index contributed by atoms with van der Waals surface area (Å²) in [6.07, 6.45) is 0. The minimum absolute atomic E-state index is 0.0218. The van der Waals surface area contributed by atoms with Crippen molar-refractivity contribution in [3.63, 3.8) is 0 Å². The molecule has 0 spiro atoms. The molecule has 18 heavy (non-hydrogen) atoms. The molecule has 1 aromatic rings. The van der Waals surface area contributed by atoms with Gasteiger partial charge in [0.2, 0.25) is 0 Å². The largest absolute Gasteiger partial charge is 0.497 e. The molecule has 2 rings (SSSR count). The number of hydrogen-bond acceptors (Lipinski definition) is 4. The van der Waals surface area contributed by atoms with Crippen molar-refractivity contribution in [1.82, 2.24) is 5.32 Å². The van der Waals surface area contributed by atoms with E-state index in [1.165, 1.54) is 0 Å². The summed E-state index contributed by atoms with van der Waals surface area (Å²) in [5.74, 6) is 1.87. The lowest BCUT2D eigenvalue weighted by Crippen LogP contribution is -2.47. The summed E-state index contributed by atoms with van der Waals surface area (Å²) in [7, 11) is 3.17. The lowest BCUT2D eigenvalue weighted by atomic mass is 9.83. The molecule has 0 aliphatic carbocycles. The Morgan fingerprint density at radius 2 is 2.06 bits per heavy atom. The summed E-state index contributed by atoms with van der Waals surface area (Å²) in [6, 6.07) is 5.32. The Morgan fingerprint density at radius 3 is 2.56 bits per heavy atom. The molecule has 98 valence electrons. The van der Waals surface area contributed by atoms with Crippen molar-refractivity contribution in [2.75, 3.05) is 27.3 Å². The standard InChI is InChI=1S/C14H19NO3/c1-9(10-7-15-8-10)14(16)12-5-4-11(17-2)6-13(12)18-3/h4-6,9-10,15H,7-8H2,1-3H3. The fourth-order valence-electron chi connectivity index (χ4n) is 2.13. The number of nitrogens with one attached hydrogen (secondary N) is 1. The number of benzene rings is 1. The molecule has 0 saturated carbocycles. The van der Waals surface area contributed by atoms with Crippen LogP contribution in [-0.4, -0.2) is 33.1 Å². The molecule has 1 heterocycles. The van der Waals surface area contributed by atoms with E-state index in [-0.39, 0.29) is 11.7 Å². The molecule has 0 bridgehead atoms. The summed E-state index contributed by atoms with van der Waals surface area (Å²) < 4.78 is 10.4. The minimum atomic E-state index is 0.0218. The predicted molar refractivity (Wildman–Crippen MR) is 69.4 cm³/mol. The van der Waals surface area contributed by atoms with Crippen molar-refractivity contribution < 1.29 is 14.3 Å². The van der Waals surface area contributed by atoms with Gasteiger partial charge in [0.05, 0.1) is 19.8 Å². The number of hydrogen-bond donors (Lipinski definition) is 1. The van der Waals surface area contributed by atoms with Crippen LogP contribution in [0.2, 0.25) is 0 Å². The summed E-state index contributed by atoms with van der Waals surface area (Å²) in [5, 5.41) is 3.19. The summed E-state index contributed by atoms with van der Waals surface area (Å²) >= 11 is 0. The first-order chi connectivity index (χ1) is 8.67. The van der Waals surface area contributed by atoms with Crippen LogP contribution in [0.1, 0.15) is 17.3 Å². The van der Waals surface area contributed by atoms with Crippen molar-refractivity contribution in [3.8, 4) is 11.5 Å². The number of Topliss-reactive ketones (excluding diaryl/α,β-unsaturated/α-hetero) is 1. The lowest BCUT2D eigenvalue weighted by molar-refractivity contribution is 0.0851. The lowest BCUT2D eigenvalue weighted by Gasteiger charge is -2.32. The number of carbonyl (C=O) groups is 1. The SMILES string of the molecule is COc1ccc(C(=O)C(C)C2CNC2)c(OC)c1. The Balaban J connectivity index is 2.23. The quantitative estimate of drug-likeness (QED) is 0.807.